The molecule has 1 atom stereocenters. The zero-order valence-corrected chi connectivity index (χ0v) is 8.34. The van der Waals surface area contributed by atoms with Crippen LogP contribution in [0, 0.1) is 0 Å². The fourth-order valence-electron chi connectivity index (χ4n) is 0.435. The first-order valence-electron chi connectivity index (χ1n) is 3.21. The number of carbonyl (C=O) groups is 1. The summed E-state index contributed by atoms with van der Waals surface area (Å²) < 4.78 is 9.95. The van der Waals surface area contributed by atoms with Crippen LogP contribution in [-0.2, 0) is 14.3 Å². The molecule has 0 aromatic heterocycles. The SMILES string of the molecule is O=CCOCCOCC[AsH2]. The van der Waals surface area contributed by atoms with E-state index in [1.807, 2.05) is 0 Å². The average molecular weight is 208 g/mol. The van der Waals surface area contributed by atoms with Crippen LogP contribution in [0.25, 0.3) is 0 Å². The predicted molar refractivity (Wildman–Crippen MR) is 41.1 cm³/mol. The molecule has 0 bridgehead atoms. The van der Waals surface area contributed by atoms with Crippen LogP contribution in [0.15, 0.2) is 0 Å². The van der Waals surface area contributed by atoms with Gasteiger partial charge in [-0.3, -0.25) is 0 Å². The molecule has 10 heavy (non-hydrogen) atoms. The molecule has 0 aliphatic carbocycles. The fraction of sp³-hybridized carbons (Fsp3) is 0.833. The van der Waals surface area contributed by atoms with Gasteiger partial charge in [0.15, 0.2) is 0 Å². The molecule has 0 aromatic carbocycles. The van der Waals surface area contributed by atoms with E-state index < -0.39 is 0 Å². The molecule has 0 amide bonds. The Balaban J connectivity index is 2.70. The third-order valence-electron chi connectivity index (χ3n) is 0.820. The summed E-state index contributed by atoms with van der Waals surface area (Å²) in [6, 6.07) is 0. The number of ether oxygens (including phenoxy) is 2. The zero-order valence-electron chi connectivity index (χ0n) is 5.91. The second-order valence-corrected chi connectivity index (χ2v) is 2.85. The van der Waals surface area contributed by atoms with Crippen LogP contribution in [0.5, 0.6) is 0 Å². The van der Waals surface area contributed by atoms with Crippen molar-refractivity contribution in [2.75, 3.05) is 26.4 Å². The normalized spacial score (nSPS) is 9.70. The first kappa shape index (κ1) is 10.1. The summed E-state index contributed by atoms with van der Waals surface area (Å²) in [6.07, 6.45) is 0.739. The number of carbonyl (C=O) groups excluding carboxylic acids is 1. The van der Waals surface area contributed by atoms with Gasteiger partial charge in [-0.2, -0.15) is 0 Å². The molecule has 0 fully saturated rings. The van der Waals surface area contributed by atoms with E-state index in [-0.39, 0.29) is 6.61 Å². The van der Waals surface area contributed by atoms with Gasteiger partial charge in [-0.15, -0.1) is 0 Å². The van der Waals surface area contributed by atoms with Crippen LogP contribution >= 0.6 is 0 Å². The maximum atomic E-state index is 9.73. The van der Waals surface area contributed by atoms with Crippen molar-refractivity contribution in [2.24, 2.45) is 0 Å². The van der Waals surface area contributed by atoms with Crippen LogP contribution < -0.4 is 0 Å². The number of rotatable bonds is 7. The van der Waals surface area contributed by atoms with Gasteiger partial charge in [-0.05, 0) is 0 Å². The Kier molecular flexibility index (Phi) is 9.28. The number of aldehydes is 1. The van der Waals surface area contributed by atoms with Crippen LogP contribution in [0.2, 0.25) is 5.21 Å². The van der Waals surface area contributed by atoms with E-state index in [1.54, 1.807) is 16.9 Å². The van der Waals surface area contributed by atoms with Gasteiger partial charge in [0.05, 0.1) is 0 Å². The van der Waals surface area contributed by atoms with E-state index in [0.29, 0.717) is 13.2 Å². The molecule has 0 spiro atoms. The van der Waals surface area contributed by atoms with Crippen molar-refractivity contribution in [1.82, 2.24) is 0 Å². The molecule has 0 N–H and O–H groups in total. The van der Waals surface area contributed by atoms with Gasteiger partial charge in [-0.25, -0.2) is 0 Å². The first-order chi connectivity index (χ1) is 4.91. The third kappa shape index (κ3) is 8.15. The molecule has 3 nitrogen and oxygen atoms in total. The standard InChI is InChI=1S/C6H13AsO3/c7-1-3-9-5-6-10-4-2-8/h2H,1,3-7H2. The molecule has 0 saturated carbocycles. The topological polar surface area (TPSA) is 35.5 Å². The van der Waals surface area contributed by atoms with Gasteiger partial charge >= 0.3 is 69.0 Å². The Morgan fingerprint density at radius 1 is 1.20 bits per heavy atom. The van der Waals surface area contributed by atoms with Crippen molar-refractivity contribution >= 4 is 23.1 Å². The summed E-state index contributed by atoms with van der Waals surface area (Å²) in [5, 5.41) is 1.08. The Morgan fingerprint density at radius 3 is 2.50 bits per heavy atom. The Hall–Kier alpha value is 0.148. The summed E-state index contributed by atoms with van der Waals surface area (Å²) in [7, 11) is 0. The van der Waals surface area contributed by atoms with E-state index in [4.69, 9.17) is 9.47 Å². The fourth-order valence-corrected chi connectivity index (χ4v) is 0.784. The van der Waals surface area contributed by atoms with Crippen LogP contribution in [0.1, 0.15) is 0 Å². The summed E-state index contributed by atoms with van der Waals surface area (Å²) in [4.78, 5) is 9.73. The van der Waals surface area contributed by atoms with Gasteiger partial charge in [0.1, 0.15) is 0 Å². The van der Waals surface area contributed by atoms with Crippen molar-refractivity contribution in [3.63, 3.8) is 0 Å². The third-order valence-corrected chi connectivity index (χ3v) is 1.31. The van der Waals surface area contributed by atoms with E-state index >= 15 is 0 Å². The zero-order chi connectivity index (χ0) is 7.66. The molecule has 0 heterocycles. The van der Waals surface area contributed by atoms with Gasteiger partial charge < -0.3 is 0 Å². The summed E-state index contributed by atoms with van der Waals surface area (Å²) in [5.41, 5.74) is 0. The molecule has 0 saturated heterocycles. The molecule has 4 heteroatoms. The molecule has 60 valence electrons. The summed E-state index contributed by atoms with van der Waals surface area (Å²) in [5.74, 6) is 0. The average Bonchev–Trinajstić information content (AvgIpc) is 1.97. The molecule has 1 unspecified atom stereocenters. The quantitative estimate of drug-likeness (QED) is 0.314. The van der Waals surface area contributed by atoms with E-state index in [1.165, 1.54) is 0 Å². The summed E-state index contributed by atoms with van der Waals surface area (Å²) in [6.45, 7) is 2.09. The number of hydrogen-bond donors (Lipinski definition) is 0. The van der Waals surface area contributed by atoms with Gasteiger partial charge in [0, 0.05) is 0 Å². The van der Waals surface area contributed by atoms with Crippen molar-refractivity contribution < 1.29 is 14.3 Å². The van der Waals surface area contributed by atoms with Crippen molar-refractivity contribution in [1.29, 1.82) is 0 Å². The van der Waals surface area contributed by atoms with Crippen LogP contribution in [-0.4, -0.2) is 49.6 Å². The van der Waals surface area contributed by atoms with E-state index in [2.05, 4.69) is 0 Å². The molecule has 0 aliphatic heterocycles. The minimum absolute atomic E-state index is 0.180. The molecule has 0 rings (SSSR count). The van der Waals surface area contributed by atoms with Crippen molar-refractivity contribution in [3.8, 4) is 0 Å². The van der Waals surface area contributed by atoms with E-state index in [0.717, 1.165) is 18.1 Å². The molecular weight excluding hydrogens is 195 g/mol. The second kappa shape index (κ2) is 9.15. The minimum atomic E-state index is 0.180. The molecule has 0 aliphatic rings. The van der Waals surface area contributed by atoms with Crippen LogP contribution in [0.3, 0.4) is 0 Å². The van der Waals surface area contributed by atoms with Gasteiger partial charge in [-0.1, -0.05) is 0 Å². The van der Waals surface area contributed by atoms with Crippen LogP contribution in [0.4, 0.5) is 0 Å². The number of hydrogen-bond acceptors (Lipinski definition) is 3. The van der Waals surface area contributed by atoms with Gasteiger partial charge in [0.25, 0.3) is 0 Å². The Bertz CT molecular complexity index is 77.4. The molecular formula is C6H13AsO3. The van der Waals surface area contributed by atoms with Gasteiger partial charge in [0.2, 0.25) is 0 Å². The first-order valence-corrected chi connectivity index (χ1v) is 4.92. The summed E-state index contributed by atoms with van der Waals surface area (Å²) >= 11 is 1.66. The Labute approximate surface area is 69.6 Å². The monoisotopic (exact) mass is 208 g/mol. The van der Waals surface area contributed by atoms with Crippen molar-refractivity contribution in [2.45, 2.75) is 5.21 Å². The van der Waals surface area contributed by atoms with E-state index in [9.17, 15) is 4.79 Å². The predicted octanol–water partition coefficient (Wildman–Crippen LogP) is -0.730. The maximum absolute atomic E-state index is 9.73. The Morgan fingerprint density at radius 2 is 1.90 bits per heavy atom. The molecule has 0 aromatic rings. The van der Waals surface area contributed by atoms with Crippen molar-refractivity contribution in [3.05, 3.63) is 0 Å². The second-order valence-electron chi connectivity index (χ2n) is 1.64. The molecule has 0 radical (unpaired) electrons.